The number of nitro groups is 1. The number of halogens is 3. The smallest absolute Gasteiger partial charge is 0.394 e. The molecule has 126 valence electrons. The molecule has 2 rings (SSSR count). The van der Waals surface area contributed by atoms with Gasteiger partial charge < -0.3 is 10.0 Å². The van der Waals surface area contributed by atoms with E-state index in [-0.39, 0.29) is 15.4 Å². The highest BCUT2D eigenvalue weighted by atomic mass is 32.1. The van der Waals surface area contributed by atoms with Gasteiger partial charge >= 0.3 is 12.1 Å². The Hall–Kier alpha value is -2.17. The maximum absolute atomic E-state index is 12.9. The number of rotatable bonds is 3. The summed E-state index contributed by atoms with van der Waals surface area (Å²) in [5.41, 5.74) is -0.292. The number of carboxylic acid groups (broad SMARTS) is 1. The van der Waals surface area contributed by atoms with Crippen LogP contribution in [0, 0.1) is 28.9 Å². The molecule has 0 aromatic carbocycles. The Balaban J connectivity index is 2.26. The van der Waals surface area contributed by atoms with Crippen LogP contribution >= 0.6 is 11.3 Å². The van der Waals surface area contributed by atoms with Crippen LogP contribution in [0.25, 0.3) is 0 Å². The van der Waals surface area contributed by atoms with Crippen molar-refractivity contribution in [3.05, 3.63) is 25.9 Å². The minimum Gasteiger partial charge on any atom is -0.481 e. The number of hydrogen-bond donors (Lipinski definition) is 1. The van der Waals surface area contributed by atoms with Crippen LogP contribution in [-0.4, -0.2) is 46.1 Å². The van der Waals surface area contributed by atoms with Gasteiger partial charge in [-0.15, -0.1) is 11.3 Å². The Morgan fingerprint density at radius 1 is 1.43 bits per heavy atom. The Labute approximate surface area is 131 Å². The van der Waals surface area contributed by atoms with Crippen LogP contribution in [0.1, 0.15) is 14.5 Å². The van der Waals surface area contributed by atoms with E-state index in [0.717, 1.165) is 22.3 Å². The lowest BCUT2D eigenvalue weighted by molar-refractivity contribution is -0.385. The minimum atomic E-state index is -4.74. The van der Waals surface area contributed by atoms with Gasteiger partial charge in [0.15, 0.2) is 0 Å². The number of carbonyl (C=O) groups is 2. The number of aryl methyl sites for hydroxylation is 1. The Bertz CT molecular complexity index is 672. The number of carboxylic acids is 1. The van der Waals surface area contributed by atoms with Gasteiger partial charge in [0.25, 0.3) is 11.6 Å². The van der Waals surface area contributed by atoms with Crippen molar-refractivity contribution in [1.29, 1.82) is 0 Å². The van der Waals surface area contributed by atoms with Gasteiger partial charge in [-0.2, -0.15) is 13.2 Å². The molecule has 0 unspecified atom stereocenters. The summed E-state index contributed by atoms with van der Waals surface area (Å²) in [6, 6.07) is 0.999. The van der Waals surface area contributed by atoms with Crippen LogP contribution in [0.2, 0.25) is 0 Å². The molecule has 11 heteroatoms. The van der Waals surface area contributed by atoms with Gasteiger partial charge in [0.05, 0.1) is 26.5 Å². The van der Waals surface area contributed by atoms with E-state index in [4.69, 9.17) is 5.11 Å². The second kappa shape index (κ2) is 5.80. The van der Waals surface area contributed by atoms with Crippen molar-refractivity contribution >= 4 is 28.9 Å². The first-order valence-corrected chi connectivity index (χ1v) is 7.17. The molecule has 1 aromatic rings. The zero-order valence-electron chi connectivity index (χ0n) is 11.7. The van der Waals surface area contributed by atoms with Crippen LogP contribution < -0.4 is 0 Å². The van der Waals surface area contributed by atoms with E-state index < -0.39 is 47.9 Å². The summed E-state index contributed by atoms with van der Waals surface area (Å²) in [5, 5.41) is 19.7. The zero-order chi connectivity index (χ0) is 17.5. The number of carbonyl (C=O) groups excluding carboxylic acids is 1. The van der Waals surface area contributed by atoms with E-state index in [0.29, 0.717) is 0 Å². The molecular formula is C12H11F3N2O5S. The maximum Gasteiger partial charge on any atom is 0.394 e. The third kappa shape index (κ3) is 3.28. The highest BCUT2D eigenvalue weighted by Gasteiger charge is 2.53. The van der Waals surface area contributed by atoms with Gasteiger partial charge in [-0.05, 0) is 6.92 Å². The van der Waals surface area contributed by atoms with Gasteiger partial charge in [-0.25, -0.2) is 0 Å². The van der Waals surface area contributed by atoms with Gasteiger partial charge in [-0.1, -0.05) is 0 Å². The van der Waals surface area contributed by atoms with Gasteiger partial charge in [0.1, 0.15) is 0 Å². The van der Waals surface area contributed by atoms with E-state index in [1.165, 1.54) is 6.92 Å². The summed E-state index contributed by atoms with van der Waals surface area (Å²) < 4.78 is 38.7. The predicted octanol–water partition coefficient (Wildman–Crippen LogP) is 2.30. The minimum absolute atomic E-state index is 0.0823. The molecule has 2 atom stereocenters. The largest absolute Gasteiger partial charge is 0.481 e. The Morgan fingerprint density at radius 2 is 2.04 bits per heavy atom. The first-order chi connectivity index (χ1) is 10.5. The first-order valence-electron chi connectivity index (χ1n) is 6.36. The molecule has 0 spiro atoms. The molecule has 1 aliphatic rings. The lowest BCUT2D eigenvalue weighted by Gasteiger charge is -2.18. The maximum atomic E-state index is 12.9. The molecule has 0 radical (unpaired) electrons. The van der Waals surface area contributed by atoms with Crippen molar-refractivity contribution in [3.63, 3.8) is 0 Å². The summed E-state index contributed by atoms with van der Waals surface area (Å²) in [4.78, 5) is 34.2. The van der Waals surface area contributed by atoms with Gasteiger partial charge in [0, 0.05) is 19.2 Å². The molecule has 1 saturated heterocycles. The lowest BCUT2D eigenvalue weighted by Crippen LogP contribution is -2.34. The summed E-state index contributed by atoms with van der Waals surface area (Å²) in [5.74, 6) is -6.35. The van der Waals surface area contributed by atoms with Crippen LogP contribution in [0.3, 0.4) is 0 Å². The molecule has 2 heterocycles. The first kappa shape index (κ1) is 17.2. The summed E-state index contributed by atoms with van der Waals surface area (Å²) in [6.45, 7) is 0.0647. The van der Waals surface area contributed by atoms with Crippen molar-refractivity contribution in [2.45, 2.75) is 13.1 Å². The predicted molar refractivity (Wildman–Crippen MR) is 72.3 cm³/mol. The Morgan fingerprint density at radius 3 is 2.43 bits per heavy atom. The van der Waals surface area contributed by atoms with Gasteiger partial charge in [0.2, 0.25) is 0 Å². The lowest BCUT2D eigenvalue weighted by atomic mass is 9.96. The normalized spacial score (nSPS) is 21.5. The fourth-order valence-electron chi connectivity index (χ4n) is 2.47. The quantitative estimate of drug-likeness (QED) is 0.664. The average Bonchev–Trinajstić information content (AvgIpc) is 3.00. The number of amides is 1. The zero-order valence-corrected chi connectivity index (χ0v) is 12.5. The number of thiophene rings is 1. The number of nitrogens with zero attached hydrogens (tertiary/aromatic N) is 2. The summed E-state index contributed by atoms with van der Waals surface area (Å²) >= 11 is 0.794. The number of alkyl halides is 3. The molecule has 7 nitrogen and oxygen atoms in total. The highest BCUT2D eigenvalue weighted by molar-refractivity contribution is 7.14. The van der Waals surface area contributed by atoms with Crippen LogP contribution in [0.5, 0.6) is 0 Å². The molecule has 1 aliphatic heterocycles. The second-order valence-electron chi connectivity index (χ2n) is 5.11. The SMILES string of the molecule is Cc1sc(C(=O)N2C[C@@H](C(F)(F)F)[C@H](C(=O)O)C2)cc1[N+](=O)[O-]. The van der Waals surface area contributed by atoms with Crippen LogP contribution in [-0.2, 0) is 4.79 Å². The molecule has 23 heavy (non-hydrogen) atoms. The van der Waals surface area contributed by atoms with Crippen molar-refractivity contribution in [1.82, 2.24) is 4.90 Å². The summed E-state index contributed by atoms with van der Waals surface area (Å²) in [6.07, 6.45) is -4.74. The van der Waals surface area contributed by atoms with E-state index in [1.807, 2.05) is 0 Å². The number of hydrogen-bond acceptors (Lipinski definition) is 5. The molecule has 1 fully saturated rings. The second-order valence-corrected chi connectivity index (χ2v) is 6.37. The topological polar surface area (TPSA) is 101 Å². The third-order valence-electron chi connectivity index (χ3n) is 3.64. The monoisotopic (exact) mass is 352 g/mol. The number of aliphatic carboxylic acids is 1. The van der Waals surface area contributed by atoms with E-state index in [9.17, 15) is 32.9 Å². The van der Waals surface area contributed by atoms with Gasteiger partial charge in [-0.3, -0.25) is 19.7 Å². The number of likely N-dealkylation sites (tertiary alicyclic amines) is 1. The molecular weight excluding hydrogens is 341 g/mol. The molecule has 1 N–H and O–H groups in total. The van der Waals surface area contributed by atoms with Crippen molar-refractivity contribution in [3.8, 4) is 0 Å². The Kier molecular flexibility index (Phi) is 4.33. The third-order valence-corrected chi connectivity index (χ3v) is 4.67. The van der Waals surface area contributed by atoms with Crippen molar-refractivity contribution in [2.24, 2.45) is 11.8 Å². The summed E-state index contributed by atoms with van der Waals surface area (Å²) in [7, 11) is 0. The molecule has 1 aromatic heterocycles. The highest BCUT2D eigenvalue weighted by Crippen LogP contribution is 2.39. The molecule has 0 aliphatic carbocycles. The van der Waals surface area contributed by atoms with Crippen LogP contribution in [0.15, 0.2) is 6.07 Å². The van der Waals surface area contributed by atoms with Crippen LogP contribution in [0.4, 0.5) is 18.9 Å². The van der Waals surface area contributed by atoms with Crippen molar-refractivity contribution < 1.29 is 32.8 Å². The fourth-order valence-corrected chi connectivity index (χ4v) is 3.42. The van der Waals surface area contributed by atoms with E-state index in [2.05, 4.69) is 0 Å². The van der Waals surface area contributed by atoms with E-state index >= 15 is 0 Å². The molecule has 0 bridgehead atoms. The fraction of sp³-hybridized carbons (Fsp3) is 0.500. The van der Waals surface area contributed by atoms with Crippen molar-refractivity contribution in [2.75, 3.05) is 13.1 Å². The van der Waals surface area contributed by atoms with E-state index in [1.54, 1.807) is 0 Å². The average molecular weight is 352 g/mol. The standard InChI is InChI=1S/C12H11F3N2O5S/c1-5-8(17(21)22)2-9(23-5)10(18)16-3-6(11(19)20)7(4-16)12(13,14)15/h2,6-7H,3-4H2,1H3,(H,19,20)/t6-,7-/m1/s1. The molecule has 0 saturated carbocycles. The molecule has 1 amide bonds.